The highest BCUT2D eigenvalue weighted by Crippen LogP contribution is 2.35. The first-order valence-electron chi connectivity index (χ1n) is 9.81. The summed E-state index contributed by atoms with van der Waals surface area (Å²) >= 11 is 12.1. The summed E-state index contributed by atoms with van der Waals surface area (Å²) in [5.74, 6) is -0.513. The normalized spacial score (nSPS) is 10.7. The van der Waals surface area contributed by atoms with Gasteiger partial charge < -0.3 is 19.5 Å². The molecule has 0 aliphatic heterocycles. The van der Waals surface area contributed by atoms with Gasteiger partial charge in [-0.15, -0.1) is 6.58 Å². The van der Waals surface area contributed by atoms with Gasteiger partial charge >= 0.3 is 5.97 Å². The fourth-order valence-electron chi connectivity index (χ4n) is 2.83. The molecule has 172 valence electrons. The van der Waals surface area contributed by atoms with Crippen LogP contribution >= 0.6 is 23.2 Å². The minimum absolute atomic E-state index is 0.169. The van der Waals surface area contributed by atoms with Crippen LogP contribution in [0.1, 0.15) is 18.1 Å². The molecule has 1 amide bonds. The van der Waals surface area contributed by atoms with E-state index in [1.54, 1.807) is 43.3 Å². The number of nitriles is 1. The Labute approximate surface area is 202 Å². The van der Waals surface area contributed by atoms with Crippen molar-refractivity contribution >= 4 is 46.8 Å². The largest absolute Gasteiger partial charge is 0.493 e. The van der Waals surface area contributed by atoms with Gasteiger partial charge in [0.25, 0.3) is 5.91 Å². The van der Waals surface area contributed by atoms with Gasteiger partial charge in [-0.25, -0.2) is 4.79 Å². The van der Waals surface area contributed by atoms with Crippen molar-refractivity contribution in [3.05, 3.63) is 69.7 Å². The van der Waals surface area contributed by atoms with Gasteiger partial charge in [-0.1, -0.05) is 35.3 Å². The maximum atomic E-state index is 12.7. The Balaban J connectivity index is 2.38. The van der Waals surface area contributed by atoms with Crippen molar-refractivity contribution in [1.29, 1.82) is 5.26 Å². The molecule has 0 atom stereocenters. The number of benzene rings is 2. The van der Waals surface area contributed by atoms with Crippen LogP contribution in [-0.2, 0) is 20.7 Å². The minimum Gasteiger partial charge on any atom is -0.493 e. The molecule has 0 saturated heterocycles. The first-order chi connectivity index (χ1) is 15.8. The van der Waals surface area contributed by atoms with Crippen LogP contribution in [0.2, 0.25) is 10.0 Å². The van der Waals surface area contributed by atoms with Crippen LogP contribution in [-0.4, -0.2) is 32.2 Å². The number of carbonyl (C=O) groups excluding carboxylic acids is 2. The second-order valence-corrected chi connectivity index (χ2v) is 7.31. The molecule has 2 aromatic rings. The number of amides is 1. The number of halogens is 2. The first kappa shape index (κ1) is 25.8. The van der Waals surface area contributed by atoms with Crippen molar-refractivity contribution < 1.29 is 23.8 Å². The zero-order chi connectivity index (χ0) is 24.4. The van der Waals surface area contributed by atoms with E-state index in [2.05, 4.69) is 11.9 Å². The molecular formula is C24H22Cl2N2O5. The number of rotatable bonds is 10. The van der Waals surface area contributed by atoms with Gasteiger partial charge in [0.1, 0.15) is 11.6 Å². The lowest BCUT2D eigenvalue weighted by Gasteiger charge is -2.15. The van der Waals surface area contributed by atoms with Gasteiger partial charge in [0, 0.05) is 5.56 Å². The highest BCUT2D eigenvalue weighted by molar-refractivity contribution is 6.44. The van der Waals surface area contributed by atoms with Crippen LogP contribution in [0.15, 0.2) is 48.6 Å². The molecular weight excluding hydrogens is 467 g/mol. The smallest absolute Gasteiger partial charge is 0.344 e. The number of hydrogen-bond acceptors (Lipinski definition) is 6. The highest BCUT2D eigenvalue weighted by Gasteiger charge is 2.17. The number of ether oxygens (including phenoxy) is 3. The van der Waals surface area contributed by atoms with E-state index in [4.69, 9.17) is 37.4 Å². The second-order valence-electron chi connectivity index (χ2n) is 6.52. The van der Waals surface area contributed by atoms with Crippen molar-refractivity contribution in [2.45, 2.75) is 13.3 Å². The molecule has 0 spiro atoms. The van der Waals surface area contributed by atoms with Crippen LogP contribution in [0.4, 0.5) is 5.69 Å². The molecule has 0 aromatic heterocycles. The van der Waals surface area contributed by atoms with E-state index >= 15 is 0 Å². The third-order valence-corrected chi connectivity index (χ3v) is 5.07. The number of nitrogens with one attached hydrogen (secondary N) is 1. The fraction of sp³-hybridized carbons (Fsp3) is 0.208. The molecule has 0 aliphatic rings. The summed E-state index contributed by atoms with van der Waals surface area (Å²) in [5, 5.41) is 12.6. The SMILES string of the molecule is C=CCc1cc(/C=C(/C#N)C(=O)Nc2cccc(Cl)c2Cl)cc(OC)c1OCC(=O)OCC. The molecule has 0 fully saturated rings. The summed E-state index contributed by atoms with van der Waals surface area (Å²) in [6, 6.07) is 9.96. The van der Waals surface area contributed by atoms with E-state index in [0.717, 1.165) is 0 Å². The quantitative estimate of drug-likeness (QED) is 0.213. The van der Waals surface area contributed by atoms with Crippen molar-refractivity contribution in [3.63, 3.8) is 0 Å². The molecule has 7 nitrogen and oxygen atoms in total. The van der Waals surface area contributed by atoms with E-state index < -0.39 is 11.9 Å². The highest BCUT2D eigenvalue weighted by atomic mass is 35.5. The maximum absolute atomic E-state index is 12.7. The predicted molar refractivity (Wildman–Crippen MR) is 128 cm³/mol. The average Bonchev–Trinajstić information content (AvgIpc) is 2.79. The molecule has 0 radical (unpaired) electrons. The van der Waals surface area contributed by atoms with E-state index in [-0.39, 0.29) is 34.5 Å². The Bertz CT molecular complexity index is 1120. The van der Waals surface area contributed by atoms with Crippen LogP contribution in [0.5, 0.6) is 11.5 Å². The van der Waals surface area contributed by atoms with Gasteiger partial charge in [0.05, 0.1) is 29.4 Å². The van der Waals surface area contributed by atoms with Crippen molar-refractivity contribution in [2.75, 3.05) is 25.6 Å². The van der Waals surface area contributed by atoms with Crippen LogP contribution < -0.4 is 14.8 Å². The average molecular weight is 489 g/mol. The van der Waals surface area contributed by atoms with Gasteiger partial charge in [0.2, 0.25) is 0 Å². The van der Waals surface area contributed by atoms with Crippen molar-refractivity contribution in [1.82, 2.24) is 0 Å². The Morgan fingerprint density at radius 1 is 1.27 bits per heavy atom. The molecule has 0 saturated carbocycles. The summed E-state index contributed by atoms with van der Waals surface area (Å²) in [6.45, 7) is 5.37. The number of anilines is 1. The lowest BCUT2D eigenvalue weighted by atomic mass is 10.0. The summed E-state index contributed by atoms with van der Waals surface area (Å²) in [6.07, 6.45) is 3.44. The van der Waals surface area contributed by atoms with Gasteiger partial charge in [-0.05, 0) is 49.2 Å². The number of nitrogens with zero attached hydrogens (tertiary/aromatic N) is 1. The van der Waals surface area contributed by atoms with Crippen molar-refractivity contribution in [2.24, 2.45) is 0 Å². The molecule has 0 unspecified atom stereocenters. The molecule has 0 heterocycles. The maximum Gasteiger partial charge on any atom is 0.344 e. The fourth-order valence-corrected chi connectivity index (χ4v) is 3.18. The molecule has 2 aromatic carbocycles. The second kappa shape index (κ2) is 12.5. The summed E-state index contributed by atoms with van der Waals surface area (Å²) in [4.78, 5) is 24.3. The lowest BCUT2D eigenvalue weighted by Crippen LogP contribution is -2.16. The zero-order valence-corrected chi connectivity index (χ0v) is 19.6. The Hall–Kier alpha value is -3.47. The number of carbonyl (C=O) groups is 2. The molecule has 33 heavy (non-hydrogen) atoms. The van der Waals surface area contributed by atoms with E-state index in [0.29, 0.717) is 29.0 Å². The summed E-state index contributed by atoms with van der Waals surface area (Å²) in [7, 11) is 1.44. The Morgan fingerprint density at radius 3 is 2.67 bits per heavy atom. The van der Waals surface area contributed by atoms with Crippen LogP contribution in [0.3, 0.4) is 0 Å². The Kier molecular flexibility index (Phi) is 9.80. The monoisotopic (exact) mass is 488 g/mol. The number of hydrogen-bond donors (Lipinski definition) is 1. The molecule has 9 heteroatoms. The molecule has 0 aliphatic carbocycles. The standard InChI is InChI=1S/C24H22Cl2N2O5/c1-4-7-16-10-15(12-20(31-3)23(16)33-14-21(29)32-5-2)11-17(13-27)24(30)28-19-9-6-8-18(25)22(19)26/h4,6,8-12H,1,5,7,14H2,2-3H3,(H,28,30)/b17-11-. The third-order valence-electron chi connectivity index (χ3n) is 4.25. The molecule has 0 bridgehead atoms. The summed E-state index contributed by atoms with van der Waals surface area (Å²) in [5.41, 5.74) is 1.27. The van der Waals surface area contributed by atoms with Gasteiger partial charge in [0.15, 0.2) is 18.1 Å². The van der Waals surface area contributed by atoms with Crippen molar-refractivity contribution in [3.8, 4) is 17.6 Å². The number of methoxy groups -OCH3 is 1. The van der Waals surface area contributed by atoms with Gasteiger partial charge in [-0.2, -0.15) is 5.26 Å². The summed E-state index contributed by atoms with van der Waals surface area (Å²) < 4.78 is 15.9. The lowest BCUT2D eigenvalue weighted by molar-refractivity contribution is -0.145. The molecule has 2 rings (SSSR count). The number of allylic oxidation sites excluding steroid dienone is 1. The van der Waals surface area contributed by atoms with Crippen LogP contribution in [0.25, 0.3) is 6.08 Å². The van der Waals surface area contributed by atoms with E-state index in [9.17, 15) is 14.9 Å². The zero-order valence-electron chi connectivity index (χ0n) is 18.1. The first-order valence-corrected chi connectivity index (χ1v) is 10.6. The van der Waals surface area contributed by atoms with Gasteiger partial charge in [-0.3, -0.25) is 4.79 Å². The minimum atomic E-state index is -0.659. The topological polar surface area (TPSA) is 97.7 Å². The predicted octanol–water partition coefficient (Wildman–Crippen LogP) is 5.22. The van der Waals surface area contributed by atoms with Crippen LogP contribution in [0, 0.1) is 11.3 Å². The number of esters is 1. The van der Waals surface area contributed by atoms with E-state index in [1.807, 2.05) is 6.07 Å². The third kappa shape index (κ3) is 7.01. The van der Waals surface area contributed by atoms with E-state index in [1.165, 1.54) is 13.2 Å². The molecule has 1 N–H and O–H groups in total. The Morgan fingerprint density at radius 2 is 2.03 bits per heavy atom.